The lowest BCUT2D eigenvalue weighted by Gasteiger charge is -2.12. The van der Waals surface area contributed by atoms with Crippen molar-refractivity contribution in [2.24, 2.45) is 0 Å². The third-order valence-corrected chi connectivity index (χ3v) is 2.18. The molecule has 92 valence electrons. The SMILES string of the molecule is COC(=O)Nc1cccc(NC(=O)OC)c1C. The van der Waals surface area contributed by atoms with Gasteiger partial charge in [-0.1, -0.05) is 6.07 Å². The van der Waals surface area contributed by atoms with Crippen LogP contribution in [0.15, 0.2) is 18.2 Å². The molecule has 0 spiro atoms. The van der Waals surface area contributed by atoms with Gasteiger partial charge in [0.05, 0.1) is 14.2 Å². The monoisotopic (exact) mass is 238 g/mol. The molecule has 0 aliphatic heterocycles. The third-order valence-electron chi connectivity index (χ3n) is 2.18. The number of amides is 2. The third kappa shape index (κ3) is 3.37. The van der Waals surface area contributed by atoms with E-state index in [0.717, 1.165) is 0 Å². The quantitative estimate of drug-likeness (QED) is 0.829. The molecule has 0 saturated carbocycles. The average molecular weight is 238 g/mol. The first-order valence-corrected chi connectivity index (χ1v) is 4.88. The van der Waals surface area contributed by atoms with Crippen LogP contribution in [0.5, 0.6) is 0 Å². The Labute approximate surface area is 98.9 Å². The fraction of sp³-hybridized carbons (Fsp3) is 0.273. The van der Waals surface area contributed by atoms with Crippen LogP contribution < -0.4 is 10.6 Å². The van der Waals surface area contributed by atoms with Crippen LogP contribution in [-0.4, -0.2) is 26.4 Å². The van der Waals surface area contributed by atoms with E-state index < -0.39 is 12.2 Å². The van der Waals surface area contributed by atoms with Crippen LogP contribution in [0, 0.1) is 6.92 Å². The van der Waals surface area contributed by atoms with Crippen molar-refractivity contribution in [2.45, 2.75) is 6.92 Å². The van der Waals surface area contributed by atoms with E-state index in [9.17, 15) is 9.59 Å². The summed E-state index contributed by atoms with van der Waals surface area (Å²) in [4.78, 5) is 22.2. The predicted octanol–water partition coefficient (Wildman–Crippen LogP) is 2.35. The van der Waals surface area contributed by atoms with Crippen molar-refractivity contribution in [1.82, 2.24) is 0 Å². The van der Waals surface area contributed by atoms with Gasteiger partial charge in [-0.05, 0) is 24.6 Å². The number of carbonyl (C=O) groups is 2. The van der Waals surface area contributed by atoms with Crippen LogP contribution in [0.2, 0.25) is 0 Å². The van der Waals surface area contributed by atoms with Crippen LogP contribution in [0.1, 0.15) is 5.56 Å². The molecule has 1 aromatic rings. The number of hydrogen-bond donors (Lipinski definition) is 2. The fourth-order valence-corrected chi connectivity index (χ4v) is 1.23. The number of ether oxygens (including phenoxy) is 2. The second-order valence-electron chi connectivity index (χ2n) is 3.21. The highest BCUT2D eigenvalue weighted by Gasteiger charge is 2.09. The van der Waals surface area contributed by atoms with Gasteiger partial charge in [0, 0.05) is 11.4 Å². The number of hydrogen-bond acceptors (Lipinski definition) is 4. The van der Waals surface area contributed by atoms with E-state index in [1.807, 2.05) is 0 Å². The molecule has 0 atom stereocenters. The molecule has 0 aliphatic rings. The second-order valence-corrected chi connectivity index (χ2v) is 3.21. The largest absolute Gasteiger partial charge is 0.453 e. The summed E-state index contributed by atoms with van der Waals surface area (Å²) in [5.41, 5.74) is 1.83. The molecule has 0 aromatic heterocycles. The van der Waals surface area contributed by atoms with E-state index in [0.29, 0.717) is 16.9 Å². The average Bonchev–Trinajstić information content (AvgIpc) is 2.33. The predicted molar refractivity (Wildman–Crippen MR) is 63.2 cm³/mol. The first kappa shape index (κ1) is 12.8. The maximum absolute atomic E-state index is 11.1. The van der Waals surface area contributed by atoms with Gasteiger partial charge < -0.3 is 9.47 Å². The molecule has 2 amide bonds. The highest BCUT2D eigenvalue weighted by molar-refractivity contribution is 5.90. The van der Waals surface area contributed by atoms with Gasteiger partial charge in [0.25, 0.3) is 0 Å². The van der Waals surface area contributed by atoms with Crippen LogP contribution in [0.3, 0.4) is 0 Å². The van der Waals surface area contributed by atoms with E-state index >= 15 is 0 Å². The van der Waals surface area contributed by atoms with E-state index in [2.05, 4.69) is 20.1 Å². The van der Waals surface area contributed by atoms with Crippen molar-refractivity contribution in [3.05, 3.63) is 23.8 Å². The number of benzene rings is 1. The number of nitrogens with one attached hydrogen (secondary N) is 2. The van der Waals surface area contributed by atoms with Crippen molar-refractivity contribution in [1.29, 1.82) is 0 Å². The molecule has 0 bridgehead atoms. The van der Waals surface area contributed by atoms with E-state index in [-0.39, 0.29) is 0 Å². The van der Waals surface area contributed by atoms with E-state index in [4.69, 9.17) is 0 Å². The van der Waals surface area contributed by atoms with Gasteiger partial charge in [-0.15, -0.1) is 0 Å². The molecule has 0 saturated heterocycles. The summed E-state index contributed by atoms with van der Waals surface area (Å²) < 4.78 is 8.98. The smallest absolute Gasteiger partial charge is 0.411 e. The first-order valence-electron chi connectivity index (χ1n) is 4.88. The Balaban J connectivity index is 2.91. The van der Waals surface area contributed by atoms with Gasteiger partial charge in [-0.2, -0.15) is 0 Å². The summed E-state index contributed by atoms with van der Waals surface area (Å²) in [6.45, 7) is 1.76. The van der Waals surface area contributed by atoms with Gasteiger partial charge >= 0.3 is 12.2 Å². The molecule has 0 unspecified atom stereocenters. The molecule has 1 aromatic carbocycles. The molecule has 0 aliphatic carbocycles. The fourth-order valence-electron chi connectivity index (χ4n) is 1.23. The van der Waals surface area contributed by atoms with Crippen molar-refractivity contribution in [3.63, 3.8) is 0 Å². The van der Waals surface area contributed by atoms with Gasteiger partial charge in [-0.25, -0.2) is 9.59 Å². The van der Waals surface area contributed by atoms with Crippen molar-refractivity contribution < 1.29 is 19.1 Å². The number of rotatable bonds is 2. The Morgan fingerprint density at radius 2 is 1.41 bits per heavy atom. The maximum Gasteiger partial charge on any atom is 0.411 e. The normalized spacial score (nSPS) is 9.35. The van der Waals surface area contributed by atoms with Crippen molar-refractivity contribution >= 4 is 23.6 Å². The van der Waals surface area contributed by atoms with Crippen molar-refractivity contribution in [3.8, 4) is 0 Å². The summed E-state index contributed by atoms with van der Waals surface area (Å²) in [7, 11) is 2.56. The molecular weight excluding hydrogens is 224 g/mol. The molecular formula is C11H14N2O4. The molecule has 0 fully saturated rings. The molecule has 0 radical (unpaired) electrons. The lowest BCUT2D eigenvalue weighted by Crippen LogP contribution is -2.15. The highest BCUT2D eigenvalue weighted by Crippen LogP contribution is 2.23. The van der Waals surface area contributed by atoms with Gasteiger partial charge in [0.2, 0.25) is 0 Å². The standard InChI is InChI=1S/C11H14N2O4/c1-7-8(12-10(14)16-2)5-4-6-9(7)13-11(15)17-3/h4-6H,1-3H3,(H,12,14)(H,13,15). The summed E-state index contributed by atoms with van der Waals surface area (Å²) in [5, 5.41) is 5.08. The maximum atomic E-state index is 11.1. The second kappa shape index (κ2) is 5.74. The number of anilines is 2. The molecule has 1 rings (SSSR count). The molecule has 6 nitrogen and oxygen atoms in total. The number of carbonyl (C=O) groups excluding carboxylic acids is 2. The summed E-state index contributed by atoms with van der Waals surface area (Å²) in [5.74, 6) is 0. The van der Waals surface area contributed by atoms with Crippen LogP contribution in [0.25, 0.3) is 0 Å². The summed E-state index contributed by atoms with van der Waals surface area (Å²) in [6.07, 6.45) is -1.13. The lowest BCUT2D eigenvalue weighted by molar-refractivity contribution is 0.186. The Morgan fingerprint density at radius 3 is 1.76 bits per heavy atom. The zero-order chi connectivity index (χ0) is 12.8. The molecule has 0 heterocycles. The molecule has 17 heavy (non-hydrogen) atoms. The van der Waals surface area contributed by atoms with E-state index in [1.165, 1.54) is 14.2 Å². The summed E-state index contributed by atoms with van der Waals surface area (Å²) >= 11 is 0. The summed E-state index contributed by atoms with van der Waals surface area (Å²) in [6, 6.07) is 5.10. The van der Waals surface area contributed by atoms with Crippen LogP contribution in [-0.2, 0) is 9.47 Å². The Hall–Kier alpha value is -2.24. The Bertz CT molecular complexity index is 395. The van der Waals surface area contributed by atoms with Crippen LogP contribution >= 0.6 is 0 Å². The zero-order valence-corrected chi connectivity index (χ0v) is 9.87. The minimum absolute atomic E-state index is 0.561. The Morgan fingerprint density at radius 1 is 1.00 bits per heavy atom. The highest BCUT2D eigenvalue weighted by atomic mass is 16.5. The number of methoxy groups -OCH3 is 2. The lowest BCUT2D eigenvalue weighted by atomic mass is 10.1. The van der Waals surface area contributed by atoms with Gasteiger partial charge in [0.15, 0.2) is 0 Å². The topological polar surface area (TPSA) is 76.7 Å². The van der Waals surface area contributed by atoms with Crippen molar-refractivity contribution in [2.75, 3.05) is 24.9 Å². The molecule has 2 N–H and O–H groups in total. The molecule has 6 heteroatoms. The van der Waals surface area contributed by atoms with Gasteiger partial charge in [-0.3, -0.25) is 10.6 Å². The van der Waals surface area contributed by atoms with E-state index in [1.54, 1.807) is 25.1 Å². The van der Waals surface area contributed by atoms with Gasteiger partial charge in [0.1, 0.15) is 0 Å². The van der Waals surface area contributed by atoms with Crippen LogP contribution in [0.4, 0.5) is 21.0 Å². The first-order chi connectivity index (χ1) is 8.08. The minimum atomic E-state index is -0.566. The Kier molecular flexibility index (Phi) is 4.33. The minimum Gasteiger partial charge on any atom is -0.453 e. The zero-order valence-electron chi connectivity index (χ0n) is 9.87.